The molecule has 0 aromatic carbocycles. The van der Waals surface area contributed by atoms with Crippen LogP contribution < -0.4 is 0 Å². The van der Waals surface area contributed by atoms with Crippen LogP contribution >= 0.6 is 0 Å². The van der Waals surface area contributed by atoms with Crippen molar-refractivity contribution in [2.24, 2.45) is 4.99 Å². The second-order valence-corrected chi connectivity index (χ2v) is 1.43. The van der Waals surface area contributed by atoms with Gasteiger partial charge in [-0.3, -0.25) is 4.99 Å². The van der Waals surface area contributed by atoms with Crippen LogP contribution in [0, 0.1) is 11.3 Å². The van der Waals surface area contributed by atoms with Crippen molar-refractivity contribution >= 4 is 6.72 Å². The minimum atomic E-state index is 0.350. The van der Waals surface area contributed by atoms with Gasteiger partial charge in [0.25, 0.3) is 0 Å². The predicted octanol–water partition coefficient (Wildman–Crippen LogP) is 1.67. The second kappa shape index (κ2) is 4.79. The van der Waals surface area contributed by atoms with Gasteiger partial charge in [-0.15, -0.1) is 0 Å². The average molecular weight is 120 g/mol. The Hall–Kier alpha value is -1.36. The molecule has 2 nitrogen and oxygen atoms in total. The fraction of sp³-hybridized carbons (Fsp3) is 0.143. The third-order valence-corrected chi connectivity index (χ3v) is 0.802. The third kappa shape index (κ3) is 3.24. The molecule has 0 bridgehead atoms. The SMILES string of the molecule is C=C/C(=C\N=C)CC#N. The Kier molecular flexibility index (Phi) is 4.07. The summed E-state index contributed by atoms with van der Waals surface area (Å²) in [5, 5.41) is 8.19. The molecular formula is C7H8N2. The van der Waals surface area contributed by atoms with Crippen molar-refractivity contribution in [2.45, 2.75) is 6.42 Å². The van der Waals surface area contributed by atoms with Crippen molar-refractivity contribution in [1.29, 1.82) is 5.26 Å². The molecular weight excluding hydrogens is 112 g/mol. The molecule has 0 radical (unpaired) electrons. The molecule has 0 aromatic rings. The van der Waals surface area contributed by atoms with E-state index in [1.807, 2.05) is 6.07 Å². The zero-order valence-electron chi connectivity index (χ0n) is 5.17. The van der Waals surface area contributed by atoms with Gasteiger partial charge in [0.1, 0.15) is 0 Å². The quantitative estimate of drug-likeness (QED) is 0.412. The van der Waals surface area contributed by atoms with Crippen LogP contribution in [0.4, 0.5) is 0 Å². The van der Waals surface area contributed by atoms with Gasteiger partial charge < -0.3 is 0 Å². The van der Waals surface area contributed by atoms with Gasteiger partial charge in [-0.05, 0) is 12.3 Å². The lowest BCUT2D eigenvalue weighted by atomic mass is 10.2. The van der Waals surface area contributed by atoms with E-state index in [2.05, 4.69) is 18.3 Å². The summed E-state index contributed by atoms with van der Waals surface area (Å²) >= 11 is 0. The molecule has 0 amide bonds. The maximum Gasteiger partial charge on any atom is 0.0670 e. The number of aliphatic imine (C=N–C) groups is 1. The van der Waals surface area contributed by atoms with E-state index in [1.54, 1.807) is 6.08 Å². The summed E-state index contributed by atoms with van der Waals surface area (Å²) in [7, 11) is 0. The van der Waals surface area contributed by atoms with Gasteiger partial charge in [-0.1, -0.05) is 12.7 Å². The van der Waals surface area contributed by atoms with E-state index >= 15 is 0 Å². The average Bonchev–Trinajstić information content (AvgIpc) is 1.88. The van der Waals surface area contributed by atoms with E-state index in [0.717, 1.165) is 5.57 Å². The van der Waals surface area contributed by atoms with Crippen molar-refractivity contribution in [2.75, 3.05) is 0 Å². The highest BCUT2D eigenvalue weighted by Gasteiger charge is 1.85. The zero-order valence-corrected chi connectivity index (χ0v) is 5.17. The fourth-order valence-electron chi connectivity index (χ4n) is 0.379. The summed E-state index contributed by atoms with van der Waals surface area (Å²) in [5.74, 6) is 0. The van der Waals surface area contributed by atoms with E-state index in [-0.39, 0.29) is 0 Å². The number of nitriles is 1. The molecule has 9 heavy (non-hydrogen) atoms. The highest BCUT2D eigenvalue weighted by molar-refractivity contribution is 5.29. The molecule has 2 heteroatoms. The topological polar surface area (TPSA) is 36.1 Å². The molecule has 0 N–H and O–H groups in total. The minimum Gasteiger partial charge on any atom is -0.272 e. The molecule has 0 aliphatic carbocycles. The molecule has 0 spiro atoms. The van der Waals surface area contributed by atoms with E-state index in [9.17, 15) is 0 Å². The van der Waals surface area contributed by atoms with Crippen LogP contribution in [0.5, 0.6) is 0 Å². The standard InChI is InChI=1S/C7H8N2/c1-3-7(4-5-8)6-9-2/h3,6H,1-2,4H2/b7-6+. The van der Waals surface area contributed by atoms with Gasteiger partial charge in [0.2, 0.25) is 0 Å². The molecule has 0 rings (SSSR count). The minimum absolute atomic E-state index is 0.350. The molecule has 46 valence electrons. The second-order valence-electron chi connectivity index (χ2n) is 1.43. The van der Waals surface area contributed by atoms with Gasteiger partial charge in [-0.2, -0.15) is 5.26 Å². The summed E-state index contributed by atoms with van der Waals surface area (Å²) in [5.41, 5.74) is 0.799. The summed E-state index contributed by atoms with van der Waals surface area (Å²) in [4.78, 5) is 3.49. The van der Waals surface area contributed by atoms with Crippen LogP contribution in [0.3, 0.4) is 0 Å². The highest BCUT2D eigenvalue weighted by atomic mass is 14.6. The van der Waals surface area contributed by atoms with Crippen LogP contribution in [0.1, 0.15) is 6.42 Å². The van der Waals surface area contributed by atoms with Crippen molar-refractivity contribution < 1.29 is 0 Å². The molecule has 0 unspecified atom stereocenters. The molecule has 0 saturated heterocycles. The molecule has 0 aliphatic rings. The van der Waals surface area contributed by atoms with Crippen molar-refractivity contribution in [3.63, 3.8) is 0 Å². The van der Waals surface area contributed by atoms with E-state index < -0.39 is 0 Å². The fourth-order valence-corrected chi connectivity index (χ4v) is 0.379. The van der Waals surface area contributed by atoms with Gasteiger partial charge in [-0.25, -0.2) is 0 Å². The lowest BCUT2D eigenvalue weighted by Crippen LogP contribution is -1.71. The van der Waals surface area contributed by atoms with Gasteiger partial charge >= 0.3 is 0 Å². The zero-order chi connectivity index (χ0) is 7.11. The van der Waals surface area contributed by atoms with Crippen LogP contribution in [0.25, 0.3) is 0 Å². The lowest BCUT2D eigenvalue weighted by Gasteiger charge is -1.86. The summed E-state index contributed by atoms with van der Waals surface area (Å²) in [6.45, 7) is 6.74. The third-order valence-electron chi connectivity index (χ3n) is 0.802. The number of allylic oxidation sites excluding steroid dienone is 2. The smallest absolute Gasteiger partial charge is 0.0670 e. The molecule has 0 saturated carbocycles. The normalized spacial score (nSPS) is 9.89. The van der Waals surface area contributed by atoms with Crippen LogP contribution in [0.2, 0.25) is 0 Å². The van der Waals surface area contributed by atoms with Gasteiger partial charge in [0, 0.05) is 6.20 Å². The Morgan fingerprint density at radius 1 is 1.78 bits per heavy atom. The van der Waals surface area contributed by atoms with Gasteiger partial charge in [0.15, 0.2) is 0 Å². The predicted molar refractivity (Wildman–Crippen MR) is 38.1 cm³/mol. The van der Waals surface area contributed by atoms with Crippen LogP contribution in [0.15, 0.2) is 29.4 Å². The summed E-state index contributed by atoms with van der Waals surface area (Å²) in [6.07, 6.45) is 3.47. The van der Waals surface area contributed by atoms with Crippen LogP contribution in [-0.4, -0.2) is 6.72 Å². The Bertz CT molecular complexity index is 172. The summed E-state index contributed by atoms with van der Waals surface area (Å²) < 4.78 is 0. The molecule has 0 fully saturated rings. The monoisotopic (exact) mass is 120 g/mol. The molecule has 0 aromatic heterocycles. The lowest BCUT2D eigenvalue weighted by molar-refractivity contribution is 1.26. The first-order valence-corrected chi connectivity index (χ1v) is 2.49. The Morgan fingerprint density at radius 3 is 2.78 bits per heavy atom. The van der Waals surface area contributed by atoms with E-state index in [1.165, 1.54) is 6.20 Å². The number of rotatable bonds is 3. The van der Waals surface area contributed by atoms with Crippen molar-refractivity contribution in [3.8, 4) is 6.07 Å². The Balaban J connectivity index is 4.00. The van der Waals surface area contributed by atoms with Gasteiger partial charge in [0.05, 0.1) is 12.5 Å². The maximum atomic E-state index is 8.19. The molecule has 0 atom stereocenters. The Morgan fingerprint density at radius 2 is 2.44 bits per heavy atom. The number of hydrogen-bond donors (Lipinski definition) is 0. The van der Waals surface area contributed by atoms with E-state index in [4.69, 9.17) is 5.26 Å². The highest BCUT2D eigenvalue weighted by Crippen LogP contribution is 1.99. The number of hydrogen-bond acceptors (Lipinski definition) is 2. The van der Waals surface area contributed by atoms with Crippen molar-refractivity contribution in [1.82, 2.24) is 0 Å². The first-order valence-electron chi connectivity index (χ1n) is 2.49. The number of nitrogens with zero attached hydrogens (tertiary/aromatic N) is 2. The maximum absolute atomic E-state index is 8.19. The van der Waals surface area contributed by atoms with Crippen LogP contribution in [-0.2, 0) is 0 Å². The Labute approximate surface area is 54.8 Å². The molecule has 0 aliphatic heterocycles. The largest absolute Gasteiger partial charge is 0.272 e. The first-order chi connectivity index (χ1) is 4.35. The molecule has 0 heterocycles. The van der Waals surface area contributed by atoms with Crippen molar-refractivity contribution in [3.05, 3.63) is 24.4 Å². The first kappa shape index (κ1) is 7.64. The van der Waals surface area contributed by atoms with E-state index in [0.29, 0.717) is 6.42 Å². The summed E-state index contributed by atoms with van der Waals surface area (Å²) in [6, 6.07) is 1.98.